The molecular formula is C30H29N3O4S2. The molecule has 5 rings (SSSR count). The molecule has 0 unspecified atom stereocenters. The van der Waals surface area contributed by atoms with Crippen molar-refractivity contribution in [3.8, 4) is 0 Å². The Morgan fingerprint density at radius 2 is 1.67 bits per heavy atom. The first-order valence-corrected chi connectivity index (χ1v) is 15.0. The number of furan rings is 1. The SMILES string of the molecule is CCc1ccc2nc(N(Cc3ccco3)C(=O)c3ccc(S(=O)(=O)N(CC)Cc4ccccc4)cc3)sc2c1. The summed E-state index contributed by atoms with van der Waals surface area (Å²) >= 11 is 1.44. The van der Waals surface area contributed by atoms with Crippen LogP contribution < -0.4 is 4.90 Å². The molecule has 200 valence electrons. The smallest absolute Gasteiger partial charge is 0.260 e. The first-order chi connectivity index (χ1) is 18.9. The van der Waals surface area contributed by atoms with Crippen molar-refractivity contribution in [2.24, 2.45) is 0 Å². The van der Waals surface area contributed by atoms with Crippen molar-refractivity contribution in [3.05, 3.63) is 114 Å². The predicted octanol–water partition coefficient (Wildman–Crippen LogP) is 6.51. The van der Waals surface area contributed by atoms with Crippen molar-refractivity contribution in [2.45, 2.75) is 38.3 Å². The van der Waals surface area contributed by atoms with Crippen molar-refractivity contribution in [1.29, 1.82) is 0 Å². The molecule has 1 amide bonds. The number of sulfonamides is 1. The lowest BCUT2D eigenvalue weighted by molar-refractivity contribution is 0.0983. The van der Waals surface area contributed by atoms with E-state index in [1.807, 2.05) is 55.5 Å². The fourth-order valence-corrected chi connectivity index (χ4v) is 6.77. The summed E-state index contributed by atoms with van der Waals surface area (Å²) in [6, 6.07) is 25.3. The van der Waals surface area contributed by atoms with E-state index in [1.54, 1.807) is 29.4 Å². The minimum Gasteiger partial charge on any atom is -0.467 e. The molecule has 0 bridgehead atoms. The molecule has 2 heterocycles. The molecule has 0 aliphatic carbocycles. The summed E-state index contributed by atoms with van der Waals surface area (Å²) < 4.78 is 34.7. The number of thiazole rings is 1. The Bertz CT molecular complexity index is 1660. The quantitative estimate of drug-likeness (QED) is 0.195. The van der Waals surface area contributed by atoms with Crippen molar-refractivity contribution in [2.75, 3.05) is 11.4 Å². The van der Waals surface area contributed by atoms with E-state index in [0.29, 0.717) is 23.0 Å². The molecule has 2 aromatic heterocycles. The van der Waals surface area contributed by atoms with E-state index >= 15 is 0 Å². The van der Waals surface area contributed by atoms with E-state index in [-0.39, 0.29) is 23.9 Å². The lowest BCUT2D eigenvalue weighted by atomic mass is 10.2. The molecule has 0 saturated carbocycles. The van der Waals surface area contributed by atoms with Gasteiger partial charge < -0.3 is 4.42 Å². The van der Waals surface area contributed by atoms with E-state index in [4.69, 9.17) is 9.40 Å². The molecule has 7 nitrogen and oxygen atoms in total. The summed E-state index contributed by atoms with van der Waals surface area (Å²) in [7, 11) is -3.75. The van der Waals surface area contributed by atoms with Gasteiger partial charge in [-0.1, -0.05) is 61.6 Å². The van der Waals surface area contributed by atoms with Gasteiger partial charge in [-0.2, -0.15) is 4.31 Å². The van der Waals surface area contributed by atoms with Gasteiger partial charge in [-0.25, -0.2) is 13.4 Å². The Kier molecular flexibility index (Phi) is 7.92. The second kappa shape index (κ2) is 11.5. The number of amides is 1. The molecule has 0 aliphatic rings. The fraction of sp³-hybridized carbons (Fsp3) is 0.200. The molecule has 39 heavy (non-hydrogen) atoms. The number of fused-ring (bicyclic) bond motifs is 1. The first kappa shape index (κ1) is 26.8. The van der Waals surface area contributed by atoms with Gasteiger partial charge >= 0.3 is 0 Å². The van der Waals surface area contributed by atoms with Crippen LogP contribution in [0.4, 0.5) is 5.13 Å². The number of carbonyl (C=O) groups is 1. The second-order valence-electron chi connectivity index (χ2n) is 9.06. The zero-order chi connectivity index (χ0) is 27.4. The average molecular weight is 560 g/mol. The van der Waals surface area contributed by atoms with Crippen LogP contribution >= 0.6 is 11.3 Å². The summed E-state index contributed by atoms with van der Waals surface area (Å²) in [6.45, 7) is 4.71. The topological polar surface area (TPSA) is 83.7 Å². The predicted molar refractivity (Wildman–Crippen MR) is 154 cm³/mol. The van der Waals surface area contributed by atoms with Gasteiger partial charge in [0.15, 0.2) is 5.13 Å². The van der Waals surface area contributed by atoms with E-state index in [1.165, 1.54) is 33.3 Å². The van der Waals surface area contributed by atoms with Crippen LogP contribution in [0, 0.1) is 0 Å². The van der Waals surface area contributed by atoms with Gasteiger partial charge in [0.1, 0.15) is 5.76 Å². The Morgan fingerprint density at radius 3 is 2.33 bits per heavy atom. The molecule has 0 aliphatic heterocycles. The van der Waals surface area contributed by atoms with Crippen LogP contribution in [0.3, 0.4) is 0 Å². The Balaban J connectivity index is 1.43. The minimum atomic E-state index is -3.75. The van der Waals surface area contributed by atoms with Crippen LogP contribution in [0.15, 0.2) is 101 Å². The van der Waals surface area contributed by atoms with Crippen molar-refractivity contribution in [1.82, 2.24) is 9.29 Å². The lowest BCUT2D eigenvalue weighted by Crippen LogP contribution is -2.31. The first-order valence-electron chi connectivity index (χ1n) is 12.8. The van der Waals surface area contributed by atoms with Crippen LogP contribution in [0.1, 0.15) is 41.1 Å². The largest absolute Gasteiger partial charge is 0.467 e. The standard InChI is InChI=1S/C30H29N3O4S2/c1-3-22-12-17-27-28(19-22)38-30(31-27)33(21-25-11-8-18-37-25)29(34)24-13-15-26(16-14-24)39(35,36)32(4-2)20-23-9-6-5-7-10-23/h5-19H,3-4,20-21H2,1-2H3. The molecule has 9 heteroatoms. The number of aryl methyl sites for hydroxylation is 1. The highest BCUT2D eigenvalue weighted by Gasteiger charge is 2.26. The fourth-order valence-electron chi connectivity index (χ4n) is 4.31. The Morgan fingerprint density at radius 1 is 0.897 bits per heavy atom. The summed E-state index contributed by atoms with van der Waals surface area (Å²) in [5.74, 6) is 0.331. The van der Waals surface area contributed by atoms with Gasteiger partial charge in [0.25, 0.3) is 5.91 Å². The van der Waals surface area contributed by atoms with Crippen molar-refractivity contribution >= 4 is 42.6 Å². The third kappa shape index (κ3) is 5.80. The molecule has 0 radical (unpaired) electrons. The molecule has 5 aromatic rings. The molecule has 0 atom stereocenters. The highest BCUT2D eigenvalue weighted by Crippen LogP contribution is 2.32. The maximum Gasteiger partial charge on any atom is 0.260 e. The molecule has 0 spiro atoms. The van der Waals surface area contributed by atoms with Crippen molar-refractivity contribution < 1.29 is 17.6 Å². The molecule has 0 N–H and O–H groups in total. The third-order valence-electron chi connectivity index (χ3n) is 6.51. The zero-order valence-electron chi connectivity index (χ0n) is 21.8. The summed E-state index contributed by atoms with van der Waals surface area (Å²) in [4.78, 5) is 20.2. The highest BCUT2D eigenvalue weighted by molar-refractivity contribution is 7.89. The number of benzene rings is 3. The van der Waals surface area contributed by atoms with Gasteiger partial charge in [0.05, 0.1) is 27.9 Å². The third-order valence-corrected chi connectivity index (χ3v) is 9.49. The number of rotatable bonds is 10. The second-order valence-corrected chi connectivity index (χ2v) is 12.0. The Labute approximate surface area is 232 Å². The summed E-state index contributed by atoms with van der Waals surface area (Å²) in [5, 5.41) is 0.552. The van der Waals surface area contributed by atoms with Gasteiger partial charge in [-0.3, -0.25) is 9.69 Å². The molecular weight excluding hydrogens is 530 g/mol. The Hall–Kier alpha value is -3.79. The van der Waals surface area contributed by atoms with Gasteiger partial charge in [0, 0.05) is 18.7 Å². The van der Waals surface area contributed by atoms with Crippen LogP contribution in [-0.2, 0) is 29.5 Å². The summed E-state index contributed by atoms with van der Waals surface area (Å²) in [6.07, 6.45) is 2.48. The maximum atomic E-state index is 13.8. The van der Waals surface area contributed by atoms with E-state index < -0.39 is 10.0 Å². The average Bonchev–Trinajstić information content (AvgIpc) is 3.64. The van der Waals surface area contributed by atoms with Crippen LogP contribution in [0.25, 0.3) is 10.2 Å². The van der Waals surface area contributed by atoms with Crippen LogP contribution in [0.5, 0.6) is 0 Å². The van der Waals surface area contributed by atoms with Crippen LogP contribution in [-0.4, -0.2) is 30.2 Å². The van der Waals surface area contributed by atoms with Crippen molar-refractivity contribution in [3.63, 3.8) is 0 Å². The van der Waals surface area contributed by atoms with Gasteiger partial charge in [0.2, 0.25) is 10.0 Å². The number of aromatic nitrogens is 1. The monoisotopic (exact) mass is 559 g/mol. The zero-order valence-corrected chi connectivity index (χ0v) is 23.4. The highest BCUT2D eigenvalue weighted by atomic mass is 32.2. The maximum absolute atomic E-state index is 13.8. The van der Waals surface area contributed by atoms with E-state index in [0.717, 1.165) is 22.2 Å². The number of nitrogens with zero attached hydrogens (tertiary/aromatic N) is 3. The number of hydrogen-bond acceptors (Lipinski definition) is 6. The number of anilines is 1. The van der Waals surface area contributed by atoms with Crippen LogP contribution in [0.2, 0.25) is 0 Å². The minimum absolute atomic E-state index is 0.140. The summed E-state index contributed by atoms with van der Waals surface area (Å²) in [5.41, 5.74) is 3.29. The molecule has 0 saturated heterocycles. The normalized spacial score (nSPS) is 11.8. The lowest BCUT2D eigenvalue weighted by Gasteiger charge is -2.21. The van der Waals surface area contributed by atoms with Gasteiger partial charge in [-0.15, -0.1) is 0 Å². The van der Waals surface area contributed by atoms with E-state index in [2.05, 4.69) is 13.0 Å². The molecule has 3 aromatic carbocycles. The number of hydrogen-bond donors (Lipinski definition) is 0. The molecule has 0 fully saturated rings. The van der Waals surface area contributed by atoms with E-state index in [9.17, 15) is 13.2 Å². The number of carbonyl (C=O) groups excluding carboxylic acids is 1. The van der Waals surface area contributed by atoms with Gasteiger partial charge in [-0.05, 0) is 66.1 Å².